The maximum atomic E-state index is 13.3. The third-order valence-electron chi connectivity index (χ3n) is 5.76. The molecule has 0 aromatic heterocycles. The number of carbonyl (C=O) groups excluding carboxylic acids is 1. The van der Waals surface area contributed by atoms with Crippen molar-refractivity contribution in [1.82, 2.24) is 5.32 Å². The lowest BCUT2D eigenvalue weighted by Gasteiger charge is -2.26. The highest BCUT2D eigenvalue weighted by Gasteiger charge is 2.27. The standard InChI is InChI=1S/C30H28N2O4/c1-2-36-26-19-11-16-23(29(26)34)20-31-27(21-12-5-3-6-13-21)28(22-14-7-4-8-15-22)32-30(35)24-17-9-10-18-25(24)33/h3-20,27-28,33-34H,2H2,1H3,(H,32,35)/t27-,28-/m1/s1. The molecule has 182 valence electrons. The topological polar surface area (TPSA) is 91.2 Å². The van der Waals surface area contributed by atoms with Crippen LogP contribution < -0.4 is 10.1 Å². The minimum absolute atomic E-state index is 0.00409. The van der Waals surface area contributed by atoms with Crippen molar-refractivity contribution in [3.63, 3.8) is 0 Å². The lowest BCUT2D eigenvalue weighted by molar-refractivity contribution is 0.0928. The number of hydrogen-bond acceptors (Lipinski definition) is 5. The van der Waals surface area contributed by atoms with E-state index in [-0.39, 0.29) is 17.1 Å². The average molecular weight is 481 g/mol. The first-order chi connectivity index (χ1) is 17.6. The van der Waals surface area contributed by atoms with Crippen LogP contribution in [0.15, 0.2) is 108 Å². The van der Waals surface area contributed by atoms with Gasteiger partial charge in [-0.25, -0.2) is 0 Å². The number of rotatable bonds is 9. The van der Waals surface area contributed by atoms with Crippen LogP contribution in [0, 0.1) is 0 Å². The second-order valence-corrected chi connectivity index (χ2v) is 8.14. The van der Waals surface area contributed by atoms with Gasteiger partial charge >= 0.3 is 0 Å². The van der Waals surface area contributed by atoms with E-state index in [2.05, 4.69) is 5.32 Å². The third-order valence-corrected chi connectivity index (χ3v) is 5.76. The lowest BCUT2D eigenvalue weighted by atomic mass is 9.93. The number of nitrogens with one attached hydrogen (secondary N) is 1. The summed E-state index contributed by atoms with van der Waals surface area (Å²) < 4.78 is 5.51. The van der Waals surface area contributed by atoms with E-state index in [1.165, 1.54) is 6.07 Å². The van der Waals surface area contributed by atoms with Crippen molar-refractivity contribution >= 4 is 12.1 Å². The molecule has 0 radical (unpaired) electrons. The summed E-state index contributed by atoms with van der Waals surface area (Å²) >= 11 is 0. The van der Waals surface area contributed by atoms with E-state index in [9.17, 15) is 15.0 Å². The normalized spacial score (nSPS) is 12.7. The Kier molecular flexibility index (Phi) is 7.98. The van der Waals surface area contributed by atoms with Gasteiger partial charge in [0.2, 0.25) is 0 Å². The van der Waals surface area contributed by atoms with Gasteiger partial charge in [0, 0.05) is 11.8 Å². The molecule has 0 heterocycles. The van der Waals surface area contributed by atoms with E-state index in [1.807, 2.05) is 67.6 Å². The molecule has 0 aliphatic heterocycles. The molecule has 0 saturated carbocycles. The smallest absolute Gasteiger partial charge is 0.255 e. The fourth-order valence-electron chi connectivity index (χ4n) is 3.98. The first-order valence-electron chi connectivity index (χ1n) is 11.7. The summed E-state index contributed by atoms with van der Waals surface area (Å²) in [5.41, 5.74) is 2.40. The number of para-hydroxylation sites is 2. The molecule has 36 heavy (non-hydrogen) atoms. The van der Waals surface area contributed by atoms with E-state index in [4.69, 9.17) is 9.73 Å². The van der Waals surface area contributed by atoms with Crippen molar-refractivity contribution in [2.75, 3.05) is 6.61 Å². The number of aromatic hydroxyl groups is 2. The molecule has 0 unspecified atom stereocenters. The molecular weight excluding hydrogens is 452 g/mol. The number of phenolic OH excluding ortho intramolecular Hbond substituents is 2. The molecule has 4 rings (SSSR count). The van der Waals surface area contributed by atoms with Gasteiger partial charge in [0.15, 0.2) is 11.5 Å². The van der Waals surface area contributed by atoms with Gasteiger partial charge < -0.3 is 20.3 Å². The van der Waals surface area contributed by atoms with Crippen LogP contribution in [0.25, 0.3) is 0 Å². The van der Waals surface area contributed by atoms with Crippen LogP contribution in [0.4, 0.5) is 0 Å². The highest BCUT2D eigenvalue weighted by atomic mass is 16.5. The van der Waals surface area contributed by atoms with Gasteiger partial charge in [0.1, 0.15) is 5.75 Å². The third kappa shape index (κ3) is 5.73. The zero-order valence-electron chi connectivity index (χ0n) is 19.9. The highest BCUT2D eigenvalue weighted by molar-refractivity contribution is 5.97. The van der Waals surface area contributed by atoms with Crippen molar-refractivity contribution < 1.29 is 19.7 Å². The Labute approximate surface area is 210 Å². The summed E-state index contributed by atoms with van der Waals surface area (Å²) in [7, 11) is 0. The first-order valence-corrected chi connectivity index (χ1v) is 11.7. The fourth-order valence-corrected chi connectivity index (χ4v) is 3.98. The van der Waals surface area contributed by atoms with E-state index >= 15 is 0 Å². The van der Waals surface area contributed by atoms with Crippen LogP contribution in [-0.2, 0) is 0 Å². The molecule has 0 saturated heterocycles. The maximum absolute atomic E-state index is 13.3. The Morgan fingerprint density at radius 1 is 0.861 bits per heavy atom. The molecular formula is C30H28N2O4. The average Bonchev–Trinajstić information content (AvgIpc) is 2.91. The monoisotopic (exact) mass is 480 g/mol. The summed E-state index contributed by atoms with van der Waals surface area (Å²) in [6.45, 7) is 2.28. The molecule has 4 aromatic carbocycles. The molecule has 0 spiro atoms. The largest absolute Gasteiger partial charge is 0.507 e. The molecule has 4 aromatic rings. The van der Waals surface area contributed by atoms with E-state index in [0.29, 0.717) is 17.9 Å². The number of aliphatic imine (C=N–C) groups is 1. The summed E-state index contributed by atoms with van der Waals surface area (Å²) in [6, 6.07) is 29.8. The van der Waals surface area contributed by atoms with Crippen LogP contribution in [0.2, 0.25) is 0 Å². The van der Waals surface area contributed by atoms with E-state index in [1.54, 1.807) is 42.6 Å². The van der Waals surface area contributed by atoms with Gasteiger partial charge in [-0.3, -0.25) is 9.79 Å². The Hall–Kier alpha value is -4.58. The zero-order chi connectivity index (χ0) is 25.3. The lowest BCUT2D eigenvalue weighted by Crippen LogP contribution is -2.32. The highest BCUT2D eigenvalue weighted by Crippen LogP contribution is 2.34. The molecule has 3 N–H and O–H groups in total. The Balaban J connectivity index is 1.77. The van der Waals surface area contributed by atoms with Crippen molar-refractivity contribution in [3.05, 3.63) is 125 Å². The first kappa shape index (κ1) is 24.5. The maximum Gasteiger partial charge on any atom is 0.255 e. The molecule has 2 atom stereocenters. The summed E-state index contributed by atoms with van der Waals surface area (Å²) in [4.78, 5) is 18.1. The molecule has 1 amide bonds. The number of hydrogen-bond donors (Lipinski definition) is 3. The van der Waals surface area contributed by atoms with Crippen molar-refractivity contribution in [1.29, 1.82) is 0 Å². The minimum atomic E-state index is -0.561. The van der Waals surface area contributed by atoms with Gasteiger partial charge in [-0.2, -0.15) is 0 Å². The Morgan fingerprint density at radius 2 is 1.50 bits per heavy atom. The molecule has 0 bridgehead atoms. The molecule has 6 nitrogen and oxygen atoms in total. The van der Waals surface area contributed by atoms with E-state index in [0.717, 1.165) is 11.1 Å². The summed E-state index contributed by atoms with van der Waals surface area (Å²) in [5, 5.41) is 24.0. The number of amides is 1. The molecule has 0 aliphatic rings. The predicted molar refractivity (Wildman–Crippen MR) is 141 cm³/mol. The van der Waals surface area contributed by atoms with Crippen LogP contribution in [0.1, 0.15) is 46.1 Å². The van der Waals surface area contributed by atoms with Gasteiger partial charge in [-0.05, 0) is 42.3 Å². The quantitative estimate of drug-likeness (QED) is 0.263. The van der Waals surface area contributed by atoms with Crippen molar-refractivity contribution in [3.8, 4) is 17.2 Å². The SMILES string of the molecule is CCOc1cccc(C=N[C@H](c2ccccc2)[C@H](NC(=O)c2ccccc2O)c2ccccc2)c1O. The van der Waals surface area contributed by atoms with Crippen LogP contribution in [-0.4, -0.2) is 28.9 Å². The molecule has 6 heteroatoms. The Bertz CT molecular complexity index is 1320. The van der Waals surface area contributed by atoms with Gasteiger partial charge in [-0.1, -0.05) is 78.9 Å². The number of ether oxygens (including phenoxy) is 1. The van der Waals surface area contributed by atoms with E-state index < -0.39 is 18.0 Å². The molecule has 0 fully saturated rings. The number of benzene rings is 4. The number of nitrogens with zero attached hydrogens (tertiary/aromatic N) is 1. The fraction of sp³-hybridized carbons (Fsp3) is 0.133. The second-order valence-electron chi connectivity index (χ2n) is 8.14. The summed E-state index contributed by atoms with van der Waals surface area (Å²) in [6.07, 6.45) is 1.59. The second kappa shape index (κ2) is 11.7. The Morgan fingerprint density at radius 3 is 2.17 bits per heavy atom. The van der Waals surface area contributed by atoms with Crippen LogP contribution in [0.5, 0.6) is 17.2 Å². The zero-order valence-corrected chi connectivity index (χ0v) is 19.9. The van der Waals surface area contributed by atoms with Gasteiger partial charge in [0.25, 0.3) is 5.91 Å². The predicted octanol–water partition coefficient (Wildman–Crippen LogP) is 5.83. The van der Waals surface area contributed by atoms with Crippen LogP contribution in [0.3, 0.4) is 0 Å². The number of phenols is 2. The minimum Gasteiger partial charge on any atom is -0.507 e. The van der Waals surface area contributed by atoms with Gasteiger partial charge in [-0.15, -0.1) is 0 Å². The van der Waals surface area contributed by atoms with Gasteiger partial charge in [0.05, 0.1) is 24.3 Å². The summed E-state index contributed by atoms with van der Waals surface area (Å²) in [5.74, 6) is -0.131. The van der Waals surface area contributed by atoms with Crippen LogP contribution >= 0.6 is 0 Å². The van der Waals surface area contributed by atoms with Crippen molar-refractivity contribution in [2.24, 2.45) is 4.99 Å². The van der Waals surface area contributed by atoms with Crippen molar-refractivity contribution in [2.45, 2.75) is 19.0 Å². The molecule has 0 aliphatic carbocycles. The number of carbonyl (C=O) groups is 1.